The van der Waals surface area contributed by atoms with E-state index in [1.54, 1.807) is 0 Å². The molecule has 1 N–H and O–H groups in total. The summed E-state index contributed by atoms with van der Waals surface area (Å²) < 4.78 is 11.0. The number of fused-ring (bicyclic) bond motifs is 1. The van der Waals surface area contributed by atoms with E-state index in [2.05, 4.69) is 20.0 Å². The molecule has 0 unspecified atom stereocenters. The van der Waals surface area contributed by atoms with Crippen LogP contribution in [-0.2, 0) is 9.47 Å². The lowest BCUT2D eigenvalue weighted by molar-refractivity contribution is 0.121. The Bertz CT molecular complexity index is 896. The molecule has 0 aliphatic carbocycles. The minimum absolute atomic E-state index is 0.667. The van der Waals surface area contributed by atoms with Gasteiger partial charge in [0.25, 0.3) is 0 Å². The SMILES string of the molecule is c1cc(-c2nc(N3CCOCC3)nc(N3CCOCC3)n2)c2cn[nH]c2c1. The van der Waals surface area contributed by atoms with Crippen molar-refractivity contribution in [2.24, 2.45) is 0 Å². The van der Waals surface area contributed by atoms with Crippen LogP contribution in [0.15, 0.2) is 24.4 Å². The lowest BCUT2D eigenvalue weighted by Crippen LogP contribution is -2.40. The number of anilines is 2. The van der Waals surface area contributed by atoms with Gasteiger partial charge in [-0.1, -0.05) is 12.1 Å². The van der Waals surface area contributed by atoms with E-state index in [1.807, 2.05) is 24.4 Å². The highest BCUT2D eigenvalue weighted by Gasteiger charge is 2.21. The number of morpholine rings is 2. The first kappa shape index (κ1) is 16.4. The van der Waals surface area contributed by atoms with Gasteiger partial charge in [-0.05, 0) is 6.07 Å². The Hall–Kier alpha value is -2.78. The van der Waals surface area contributed by atoms with Gasteiger partial charge >= 0.3 is 0 Å². The summed E-state index contributed by atoms with van der Waals surface area (Å²) in [4.78, 5) is 18.7. The van der Waals surface area contributed by atoms with Crippen LogP contribution < -0.4 is 9.80 Å². The Kier molecular flexibility index (Phi) is 4.30. The third-order valence-electron chi connectivity index (χ3n) is 4.93. The van der Waals surface area contributed by atoms with Gasteiger partial charge in [-0.15, -0.1) is 0 Å². The maximum atomic E-state index is 5.48. The van der Waals surface area contributed by atoms with Crippen LogP contribution in [-0.4, -0.2) is 77.8 Å². The topological polar surface area (TPSA) is 92.3 Å². The van der Waals surface area contributed by atoms with Crippen molar-refractivity contribution in [2.45, 2.75) is 0 Å². The monoisotopic (exact) mass is 367 g/mol. The number of aromatic nitrogens is 5. The van der Waals surface area contributed by atoms with E-state index < -0.39 is 0 Å². The molecule has 2 aliphatic heterocycles. The Morgan fingerprint density at radius 2 is 1.44 bits per heavy atom. The highest BCUT2D eigenvalue weighted by atomic mass is 16.5. The van der Waals surface area contributed by atoms with Crippen LogP contribution in [0.1, 0.15) is 0 Å². The minimum Gasteiger partial charge on any atom is -0.378 e. The predicted octanol–water partition coefficient (Wildman–Crippen LogP) is 1.09. The Labute approximate surface area is 156 Å². The molecule has 9 heteroatoms. The second kappa shape index (κ2) is 7.09. The second-order valence-corrected chi connectivity index (χ2v) is 6.59. The van der Waals surface area contributed by atoms with Crippen molar-refractivity contribution < 1.29 is 9.47 Å². The highest BCUT2D eigenvalue weighted by molar-refractivity contribution is 5.92. The van der Waals surface area contributed by atoms with E-state index >= 15 is 0 Å². The van der Waals surface area contributed by atoms with Gasteiger partial charge in [0.15, 0.2) is 5.82 Å². The van der Waals surface area contributed by atoms with Gasteiger partial charge in [0.1, 0.15) is 0 Å². The largest absolute Gasteiger partial charge is 0.378 e. The number of H-pyrrole nitrogens is 1. The van der Waals surface area contributed by atoms with Gasteiger partial charge in [0.2, 0.25) is 11.9 Å². The third kappa shape index (κ3) is 3.19. The lowest BCUT2D eigenvalue weighted by Gasteiger charge is -2.30. The van der Waals surface area contributed by atoms with Crippen LogP contribution in [0.2, 0.25) is 0 Å². The highest BCUT2D eigenvalue weighted by Crippen LogP contribution is 2.28. The minimum atomic E-state index is 0.667. The fourth-order valence-electron chi connectivity index (χ4n) is 3.45. The number of aromatic amines is 1. The zero-order valence-electron chi connectivity index (χ0n) is 15.0. The fraction of sp³-hybridized carbons (Fsp3) is 0.444. The van der Waals surface area contributed by atoms with Gasteiger partial charge < -0.3 is 19.3 Å². The van der Waals surface area contributed by atoms with Crippen molar-refractivity contribution in [3.05, 3.63) is 24.4 Å². The maximum Gasteiger partial charge on any atom is 0.230 e. The summed E-state index contributed by atoms with van der Waals surface area (Å²) in [6.45, 7) is 5.86. The molecule has 9 nitrogen and oxygen atoms in total. The molecule has 5 rings (SSSR count). The molecule has 140 valence electrons. The smallest absolute Gasteiger partial charge is 0.230 e. The summed E-state index contributed by atoms with van der Waals surface area (Å²) in [5.74, 6) is 2.07. The molecule has 27 heavy (non-hydrogen) atoms. The van der Waals surface area contributed by atoms with E-state index in [9.17, 15) is 0 Å². The van der Waals surface area contributed by atoms with E-state index in [-0.39, 0.29) is 0 Å². The van der Waals surface area contributed by atoms with Crippen LogP contribution in [0.5, 0.6) is 0 Å². The van der Waals surface area contributed by atoms with E-state index in [0.717, 1.165) is 42.6 Å². The maximum absolute atomic E-state index is 5.48. The first-order valence-electron chi connectivity index (χ1n) is 9.22. The molecule has 2 saturated heterocycles. The van der Waals surface area contributed by atoms with Crippen LogP contribution >= 0.6 is 0 Å². The summed E-state index contributed by atoms with van der Waals surface area (Å²) in [7, 11) is 0. The molecular formula is C18H21N7O2. The molecule has 4 heterocycles. The normalized spacial score (nSPS) is 18.2. The first-order chi connectivity index (χ1) is 13.4. The van der Waals surface area contributed by atoms with Crippen molar-refractivity contribution in [1.82, 2.24) is 25.1 Å². The summed E-state index contributed by atoms with van der Waals surface area (Å²) in [5, 5.41) is 8.18. The third-order valence-corrected chi connectivity index (χ3v) is 4.93. The first-order valence-corrected chi connectivity index (χ1v) is 9.22. The number of ether oxygens (including phenoxy) is 2. The zero-order chi connectivity index (χ0) is 18.1. The van der Waals surface area contributed by atoms with Crippen molar-refractivity contribution in [2.75, 3.05) is 62.4 Å². The fourth-order valence-corrected chi connectivity index (χ4v) is 3.45. The molecule has 0 saturated carbocycles. The number of nitrogens with zero attached hydrogens (tertiary/aromatic N) is 6. The molecule has 0 amide bonds. The number of hydrogen-bond donors (Lipinski definition) is 1. The molecule has 1 aromatic carbocycles. The molecule has 0 radical (unpaired) electrons. The Morgan fingerprint density at radius 1 is 0.815 bits per heavy atom. The lowest BCUT2D eigenvalue weighted by atomic mass is 10.1. The Morgan fingerprint density at radius 3 is 2.07 bits per heavy atom. The Balaban J connectivity index is 1.61. The van der Waals surface area contributed by atoms with Crippen molar-refractivity contribution in [1.29, 1.82) is 0 Å². The average Bonchev–Trinajstić information content (AvgIpc) is 3.24. The molecule has 0 spiro atoms. The van der Waals surface area contributed by atoms with Gasteiger partial charge in [-0.3, -0.25) is 5.10 Å². The average molecular weight is 367 g/mol. The number of benzene rings is 1. The van der Waals surface area contributed by atoms with Crippen LogP contribution in [0.3, 0.4) is 0 Å². The molecule has 2 aliphatic rings. The molecule has 2 fully saturated rings. The van der Waals surface area contributed by atoms with Crippen molar-refractivity contribution in [3.8, 4) is 11.4 Å². The van der Waals surface area contributed by atoms with Crippen molar-refractivity contribution >= 4 is 22.8 Å². The van der Waals surface area contributed by atoms with Crippen LogP contribution in [0.25, 0.3) is 22.3 Å². The zero-order valence-corrected chi connectivity index (χ0v) is 15.0. The quantitative estimate of drug-likeness (QED) is 0.735. The number of rotatable bonds is 3. The van der Waals surface area contributed by atoms with Gasteiger partial charge in [0, 0.05) is 37.1 Å². The summed E-state index contributed by atoms with van der Waals surface area (Å²) in [6, 6.07) is 6.01. The number of nitrogens with one attached hydrogen (secondary N) is 1. The van der Waals surface area contributed by atoms with E-state index in [1.165, 1.54) is 0 Å². The number of hydrogen-bond acceptors (Lipinski definition) is 8. The van der Waals surface area contributed by atoms with Gasteiger partial charge in [-0.25, -0.2) is 0 Å². The van der Waals surface area contributed by atoms with Crippen LogP contribution in [0, 0.1) is 0 Å². The molecular weight excluding hydrogens is 346 g/mol. The van der Waals surface area contributed by atoms with E-state index in [4.69, 9.17) is 24.4 Å². The second-order valence-electron chi connectivity index (χ2n) is 6.59. The van der Waals surface area contributed by atoms with Gasteiger partial charge in [0.05, 0.1) is 38.1 Å². The predicted molar refractivity (Wildman–Crippen MR) is 101 cm³/mol. The molecule has 3 aromatic rings. The van der Waals surface area contributed by atoms with E-state index in [0.29, 0.717) is 44.1 Å². The molecule has 2 aromatic heterocycles. The summed E-state index contributed by atoms with van der Waals surface area (Å²) in [5.41, 5.74) is 1.92. The molecule has 0 atom stereocenters. The van der Waals surface area contributed by atoms with Crippen LogP contribution in [0.4, 0.5) is 11.9 Å². The summed E-state index contributed by atoms with van der Waals surface area (Å²) >= 11 is 0. The van der Waals surface area contributed by atoms with Crippen molar-refractivity contribution in [3.63, 3.8) is 0 Å². The van der Waals surface area contributed by atoms with Gasteiger partial charge in [-0.2, -0.15) is 20.1 Å². The molecule has 0 bridgehead atoms. The summed E-state index contributed by atoms with van der Waals surface area (Å²) in [6.07, 6.45) is 1.82. The standard InChI is InChI=1S/C18H21N7O2/c1-2-13(14-12-19-23-15(14)3-1)16-20-17(24-4-8-26-9-5-24)22-18(21-16)25-6-10-27-11-7-25/h1-3,12H,4-11H2,(H,19,23).